The van der Waals surface area contributed by atoms with Crippen molar-refractivity contribution < 1.29 is 0 Å². The quantitative estimate of drug-likeness (QED) is 0.630. The maximum Gasteiger partial charge on any atom is 0.0991 e. The third-order valence-electron chi connectivity index (χ3n) is 5.39. The van der Waals surface area contributed by atoms with E-state index in [1.165, 1.54) is 63.4 Å². The third-order valence-corrected chi connectivity index (χ3v) is 5.39. The summed E-state index contributed by atoms with van der Waals surface area (Å²) in [7, 11) is 0. The Morgan fingerprint density at radius 3 is 2.05 bits per heavy atom. The van der Waals surface area contributed by atoms with E-state index in [4.69, 9.17) is 5.26 Å². The molecule has 1 aliphatic rings. The van der Waals surface area contributed by atoms with Crippen LogP contribution >= 0.6 is 0 Å². The van der Waals surface area contributed by atoms with Crippen LogP contribution < -0.4 is 0 Å². The Labute approximate surface area is 130 Å². The predicted octanol–water partition coefficient (Wildman–Crippen LogP) is 5.98. The normalized spacial score (nSPS) is 17.6. The van der Waals surface area contributed by atoms with Gasteiger partial charge in [0.1, 0.15) is 0 Å². The van der Waals surface area contributed by atoms with E-state index in [0.717, 1.165) is 11.5 Å². The molecule has 0 radical (unpaired) electrons. The molecule has 0 N–H and O–H groups in total. The monoisotopic (exact) mass is 283 g/mol. The molecule has 0 atom stereocenters. The van der Waals surface area contributed by atoms with Gasteiger partial charge in [0.15, 0.2) is 0 Å². The van der Waals surface area contributed by atoms with Crippen LogP contribution in [0.4, 0.5) is 0 Å². The molecule has 21 heavy (non-hydrogen) atoms. The summed E-state index contributed by atoms with van der Waals surface area (Å²) in [4.78, 5) is 0. The van der Waals surface area contributed by atoms with E-state index in [1.807, 2.05) is 12.1 Å². The standard InChI is InChI=1S/C20H29N/c1-3-8-18(9-4-2)20(14-6-5-7-15-20)19-12-10-17(16-21)11-13-19/h10-13,18H,3-9,14-15H2,1-2H3. The minimum absolute atomic E-state index is 0.373. The van der Waals surface area contributed by atoms with Gasteiger partial charge in [0.05, 0.1) is 11.6 Å². The topological polar surface area (TPSA) is 23.8 Å². The Balaban J connectivity index is 2.36. The number of hydrogen-bond acceptors (Lipinski definition) is 1. The zero-order valence-corrected chi connectivity index (χ0v) is 13.7. The average molecular weight is 283 g/mol. The Kier molecular flexibility index (Phi) is 5.85. The van der Waals surface area contributed by atoms with Crippen LogP contribution in [0.3, 0.4) is 0 Å². The fourth-order valence-corrected chi connectivity index (χ4v) is 4.39. The molecule has 1 saturated carbocycles. The first-order chi connectivity index (χ1) is 10.3. The van der Waals surface area contributed by atoms with Crippen LogP contribution in [0.5, 0.6) is 0 Å². The van der Waals surface area contributed by atoms with Gasteiger partial charge in [-0.25, -0.2) is 0 Å². The van der Waals surface area contributed by atoms with Crippen LogP contribution in [0.15, 0.2) is 24.3 Å². The lowest BCUT2D eigenvalue weighted by Gasteiger charge is -2.45. The molecule has 0 saturated heterocycles. The number of nitrogens with zero attached hydrogens (tertiary/aromatic N) is 1. The molecule has 0 heterocycles. The largest absolute Gasteiger partial charge is 0.192 e. The maximum atomic E-state index is 9.03. The number of rotatable bonds is 6. The van der Waals surface area contributed by atoms with Crippen molar-refractivity contribution >= 4 is 0 Å². The van der Waals surface area contributed by atoms with Gasteiger partial charge in [-0.15, -0.1) is 0 Å². The van der Waals surface area contributed by atoms with Crippen LogP contribution in [0.1, 0.15) is 82.8 Å². The summed E-state index contributed by atoms with van der Waals surface area (Å²) >= 11 is 0. The van der Waals surface area contributed by atoms with E-state index < -0.39 is 0 Å². The summed E-state index contributed by atoms with van der Waals surface area (Å²) in [6.07, 6.45) is 12.0. The van der Waals surface area contributed by atoms with Crippen LogP contribution in [-0.4, -0.2) is 0 Å². The van der Waals surface area contributed by atoms with E-state index in [0.29, 0.717) is 5.41 Å². The van der Waals surface area contributed by atoms with E-state index >= 15 is 0 Å². The smallest absolute Gasteiger partial charge is 0.0991 e. The summed E-state index contributed by atoms with van der Waals surface area (Å²) in [5, 5.41) is 9.03. The van der Waals surface area contributed by atoms with Crippen molar-refractivity contribution in [2.75, 3.05) is 0 Å². The van der Waals surface area contributed by atoms with E-state index in [1.54, 1.807) is 0 Å². The van der Waals surface area contributed by atoms with Gasteiger partial charge in [0.25, 0.3) is 0 Å². The summed E-state index contributed by atoms with van der Waals surface area (Å²) in [6.45, 7) is 4.63. The number of nitriles is 1. The molecule has 1 nitrogen and oxygen atoms in total. The van der Waals surface area contributed by atoms with Gasteiger partial charge >= 0.3 is 0 Å². The van der Waals surface area contributed by atoms with Crippen LogP contribution in [-0.2, 0) is 5.41 Å². The lowest BCUT2D eigenvalue weighted by atomic mass is 9.60. The second-order valence-electron chi connectivity index (χ2n) is 6.68. The highest BCUT2D eigenvalue weighted by molar-refractivity contribution is 5.36. The molecule has 1 aromatic rings. The summed E-state index contributed by atoms with van der Waals surface area (Å²) in [6, 6.07) is 10.8. The van der Waals surface area contributed by atoms with Crippen molar-refractivity contribution in [2.45, 2.75) is 77.0 Å². The Morgan fingerprint density at radius 2 is 1.57 bits per heavy atom. The Hall–Kier alpha value is -1.29. The first-order valence-corrected chi connectivity index (χ1v) is 8.77. The fourth-order valence-electron chi connectivity index (χ4n) is 4.39. The zero-order chi connectivity index (χ0) is 15.1. The average Bonchev–Trinajstić information content (AvgIpc) is 2.55. The first-order valence-electron chi connectivity index (χ1n) is 8.77. The Morgan fingerprint density at radius 1 is 1.00 bits per heavy atom. The molecule has 0 bridgehead atoms. The van der Waals surface area contributed by atoms with Crippen LogP contribution in [0, 0.1) is 17.2 Å². The van der Waals surface area contributed by atoms with Crippen molar-refractivity contribution in [1.29, 1.82) is 5.26 Å². The SMILES string of the molecule is CCCC(CCC)C1(c2ccc(C#N)cc2)CCCCC1. The highest BCUT2D eigenvalue weighted by Crippen LogP contribution is 2.48. The molecule has 1 fully saturated rings. The van der Waals surface area contributed by atoms with Crippen molar-refractivity contribution in [3.8, 4) is 6.07 Å². The molecule has 1 aromatic carbocycles. The second-order valence-corrected chi connectivity index (χ2v) is 6.68. The highest BCUT2D eigenvalue weighted by atomic mass is 14.4. The van der Waals surface area contributed by atoms with E-state index in [-0.39, 0.29) is 0 Å². The number of benzene rings is 1. The molecule has 1 heteroatoms. The summed E-state index contributed by atoms with van der Waals surface area (Å²) in [5.41, 5.74) is 2.65. The minimum atomic E-state index is 0.373. The summed E-state index contributed by atoms with van der Waals surface area (Å²) in [5.74, 6) is 0.806. The fraction of sp³-hybridized carbons (Fsp3) is 0.650. The second kappa shape index (κ2) is 7.64. The minimum Gasteiger partial charge on any atom is -0.192 e. The van der Waals surface area contributed by atoms with Gasteiger partial charge in [-0.05, 0) is 54.7 Å². The van der Waals surface area contributed by atoms with Crippen molar-refractivity contribution in [1.82, 2.24) is 0 Å². The maximum absolute atomic E-state index is 9.03. The van der Waals surface area contributed by atoms with Crippen molar-refractivity contribution in [3.63, 3.8) is 0 Å². The molecule has 0 unspecified atom stereocenters. The lowest BCUT2D eigenvalue weighted by Crippen LogP contribution is -2.37. The number of hydrogen-bond donors (Lipinski definition) is 0. The van der Waals surface area contributed by atoms with Gasteiger partial charge in [0, 0.05) is 0 Å². The van der Waals surface area contributed by atoms with Crippen molar-refractivity contribution in [2.24, 2.45) is 5.92 Å². The molecule has 0 aliphatic heterocycles. The van der Waals surface area contributed by atoms with E-state index in [2.05, 4.69) is 32.0 Å². The third kappa shape index (κ3) is 3.49. The molecule has 0 spiro atoms. The summed E-state index contributed by atoms with van der Waals surface area (Å²) < 4.78 is 0. The van der Waals surface area contributed by atoms with Crippen molar-refractivity contribution in [3.05, 3.63) is 35.4 Å². The molecule has 2 rings (SSSR count). The van der Waals surface area contributed by atoms with E-state index in [9.17, 15) is 0 Å². The molecule has 1 aliphatic carbocycles. The zero-order valence-electron chi connectivity index (χ0n) is 13.7. The van der Waals surface area contributed by atoms with Gasteiger partial charge in [0.2, 0.25) is 0 Å². The molecule has 0 amide bonds. The highest BCUT2D eigenvalue weighted by Gasteiger charge is 2.39. The molecular weight excluding hydrogens is 254 g/mol. The predicted molar refractivity (Wildman–Crippen MR) is 89.2 cm³/mol. The van der Waals surface area contributed by atoms with Gasteiger partial charge < -0.3 is 0 Å². The lowest BCUT2D eigenvalue weighted by molar-refractivity contribution is 0.168. The van der Waals surface area contributed by atoms with Crippen LogP contribution in [0.25, 0.3) is 0 Å². The van der Waals surface area contributed by atoms with Gasteiger partial charge in [-0.3, -0.25) is 0 Å². The molecular formula is C20H29N. The Bertz CT molecular complexity index is 454. The molecule has 114 valence electrons. The van der Waals surface area contributed by atoms with Crippen LogP contribution in [0.2, 0.25) is 0 Å². The van der Waals surface area contributed by atoms with Gasteiger partial charge in [-0.1, -0.05) is 58.1 Å². The molecule has 0 aromatic heterocycles. The van der Waals surface area contributed by atoms with Gasteiger partial charge in [-0.2, -0.15) is 5.26 Å². The first kappa shape index (κ1) is 16.1.